The third kappa shape index (κ3) is 3.20. The molecule has 1 heterocycles. The van der Waals surface area contributed by atoms with Crippen LogP contribution in [0.3, 0.4) is 0 Å². The molecule has 116 valence electrons. The number of nitrogens with two attached hydrogens (primary N) is 1. The van der Waals surface area contributed by atoms with Crippen LogP contribution in [-0.2, 0) is 0 Å². The minimum absolute atomic E-state index is 0.367. The zero-order chi connectivity index (χ0) is 14.8. The largest absolute Gasteiger partial charge is 0.329 e. The zero-order valence-corrected chi connectivity index (χ0v) is 14.6. The van der Waals surface area contributed by atoms with Crippen LogP contribution in [-0.4, -0.2) is 24.0 Å². The van der Waals surface area contributed by atoms with Crippen LogP contribution >= 0.6 is 15.9 Å². The highest BCUT2D eigenvalue weighted by atomic mass is 79.9. The molecule has 1 aliphatic carbocycles. The Morgan fingerprint density at radius 1 is 1.24 bits per heavy atom. The molecule has 3 atom stereocenters. The van der Waals surface area contributed by atoms with Gasteiger partial charge in [-0.25, -0.2) is 0 Å². The first-order valence-electron chi connectivity index (χ1n) is 8.42. The van der Waals surface area contributed by atoms with Crippen LogP contribution in [0, 0.1) is 12.8 Å². The third-order valence-electron chi connectivity index (χ3n) is 5.42. The number of likely N-dealkylation sites (tertiary alicyclic amines) is 1. The average Bonchev–Trinajstić information content (AvgIpc) is 2.50. The lowest BCUT2D eigenvalue weighted by molar-refractivity contribution is 0.0274. The normalized spacial score (nSPS) is 28.1. The molecule has 0 radical (unpaired) electrons. The summed E-state index contributed by atoms with van der Waals surface area (Å²) in [7, 11) is 0. The van der Waals surface area contributed by atoms with E-state index in [1.54, 1.807) is 0 Å². The van der Waals surface area contributed by atoms with Crippen molar-refractivity contribution in [2.75, 3.05) is 13.1 Å². The van der Waals surface area contributed by atoms with Crippen molar-refractivity contribution in [2.45, 2.75) is 57.5 Å². The number of aryl methyl sites for hydroxylation is 1. The monoisotopic (exact) mass is 350 g/mol. The smallest absolute Gasteiger partial charge is 0.0484 e. The lowest BCUT2D eigenvalue weighted by atomic mass is 9.77. The van der Waals surface area contributed by atoms with Crippen molar-refractivity contribution in [3.63, 3.8) is 0 Å². The quantitative estimate of drug-likeness (QED) is 0.874. The van der Waals surface area contributed by atoms with Gasteiger partial charge in [-0.1, -0.05) is 40.9 Å². The predicted molar refractivity (Wildman–Crippen MR) is 92.4 cm³/mol. The van der Waals surface area contributed by atoms with Gasteiger partial charge in [-0.3, -0.25) is 4.90 Å². The van der Waals surface area contributed by atoms with E-state index < -0.39 is 0 Å². The van der Waals surface area contributed by atoms with E-state index in [1.807, 2.05) is 0 Å². The fourth-order valence-electron chi connectivity index (χ4n) is 4.39. The summed E-state index contributed by atoms with van der Waals surface area (Å²) < 4.78 is 1.22. The molecule has 1 aliphatic heterocycles. The molecule has 2 N–H and O–H groups in total. The van der Waals surface area contributed by atoms with Crippen molar-refractivity contribution in [2.24, 2.45) is 11.7 Å². The number of rotatable bonds is 3. The van der Waals surface area contributed by atoms with E-state index in [0.717, 1.165) is 12.0 Å². The van der Waals surface area contributed by atoms with Crippen molar-refractivity contribution in [3.05, 3.63) is 33.8 Å². The number of piperidine rings is 1. The minimum atomic E-state index is 0.367. The number of nitrogens with zero attached hydrogens (tertiary/aromatic N) is 1. The molecular weight excluding hydrogens is 324 g/mol. The summed E-state index contributed by atoms with van der Waals surface area (Å²) in [4.78, 5) is 2.72. The molecular formula is C18H27BrN2. The van der Waals surface area contributed by atoms with Gasteiger partial charge in [-0.2, -0.15) is 0 Å². The van der Waals surface area contributed by atoms with E-state index in [1.165, 1.54) is 60.7 Å². The maximum absolute atomic E-state index is 6.20. The lowest BCUT2D eigenvalue weighted by Gasteiger charge is -2.47. The number of fused-ring (bicyclic) bond motifs is 1. The second kappa shape index (κ2) is 6.80. The Morgan fingerprint density at radius 3 is 2.76 bits per heavy atom. The molecule has 2 aliphatic rings. The molecule has 0 amide bonds. The highest BCUT2D eigenvalue weighted by Gasteiger charge is 2.37. The number of benzene rings is 1. The lowest BCUT2D eigenvalue weighted by Crippen LogP contribution is -2.50. The average molecular weight is 351 g/mol. The van der Waals surface area contributed by atoms with Gasteiger partial charge in [0.2, 0.25) is 0 Å². The van der Waals surface area contributed by atoms with Gasteiger partial charge in [0.05, 0.1) is 0 Å². The van der Waals surface area contributed by atoms with E-state index in [4.69, 9.17) is 5.73 Å². The zero-order valence-electron chi connectivity index (χ0n) is 13.0. The molecule has 1 saturated heterocycles. The minimum Gasteiger partial charge on any atom is -0.329 e. The standard InChI is InChI=1S/C18H27BrN2/c1-13-8-9-15(16(19)11-13)18(12-20)21-10-4-6-14-5-2-3-7-17(14)21/h8-9,11,14,17-18H,2-7,10,12,20H2,1H3/t14-,17-,18?/m1/s1. The first kappa shape index (κ1) is 15.5. The van der Waals surface area contributed by atoms with Crippen LogP contribution in [0.15, 0.2) is 22.7 Å². The number of halogens is 1. The van der Waals surface area contributed by atoms with Gasteiger partial charge >= 0.3 is 0 Å². The van der Waals surface area contributed by atoms with Gasteiger partial charge in [0.15, 0.2) is 0 Å². The van der Waals surface area contributed by atoms with Crippen LogP contribution < -0.4 is 5.73 Å². The Labute approximate surface area is 137 Å². The van der Waals surface area contributed by atoms with Crippen molar-refractivity contribution >= 4 is 15.9 Å². The second-order valence-electron chi connectivity index (χ2n) is 6.77. The topological polar surface area (TPSA) is 29.3 Å². The van der Waals surface area contributed by atoms with Crippen LogP contribution in [0.2, 0.25) is 0 Å². The van der Waals surface area contributed by atoms with E-state index in [-0.39, 0.29) is 0 Å². The molecule has 0 spiro atoms. The summed E-state index contributed by atoms with van der Waals surface area (Å²) in [6.45, 7) is 4.07. The maximum Gasteiger partial charge on any atom is 0.0484 e. The summed E-state index contributed by atoms with van der Waals surface area (Å²) in [6, 6.07) is 7.83. The molecule has 1 saturated carbocycles. The highest BCUT2D eigenvalue weighted by Crippen LogP contribution is 2.40. The molecule has 21 heavy (non-hydrogen) atoms. The first-order valence-corrected chi connectivity index (χ1v) is 9.22. The Morgan fingerprint density at radius 2 is 2.00 bits per heavy atom. The fraction of sp³-hybridized carbons (Fsp3) is 0.667. The van der Waals surface area contributed by atoms with Crippen molar-refractivity contribution in [3.8, 4) is 0 Å². The van der Waals surface area contributed by atoms with Crippen LogP contribution in [0.4, 0.5) is 0 Å². The summed E-state index contributed by atoms with van der Waals surface area (Å²) in [5, 5.41) is 0. The van der Waals surface area contributed by atoms with E-state index in [9.17, 15) is 0 Å². The van der Waals surface area contributed by atoms with Crippen LogP contribution in [0.25, 0.3) is 0 Å². The summed E-state index contributed by atoms with van der Waals surface area (Å²) in [5.74, 6) is 0.908. The Kier molecular flexibility index (Phi) is 5.03. The number of hydrogen-bond donors (Lipinski definition) is 1. The van der Waals surface area contributed by atoms with Gasteiger partial charge < -0.3 is 5.73 Å². The Hall–Kier alpha value is -0.380. The van der Waals surface area contributed by atoms with Crippen molar-refractivity contribution in [1.82, 2.24) is 4.90 Å². The van der Waals surface area contributed by atoms with Gasteiger partial charge in [0, 0.05) is 23.1 Å². The Bertz CT molecular complexity index is 486. The SMILES string of the molecule is Cc1ccc(C(CN)N2CCC[C@H]3CCCC[C@H]32)c(Br)c1. The maximum atomic E-state index is 6.20. The van der Waals surface area contributed by atoms with Crippen LogP contribution in [0.1, 0.15) is 55.7 Å². The van der Waals surface area contributed by atoms with Crippen molar-refractivity contribution < 1.29 is 0 Å². The predicted octanol–water partition coefficient (Wildman–Crippen LogP) is 4.41. The van der Waals surface area contributed by atoms with E-state index in [2.05, 4.69) is 46.0 Å². The molecule has 0 aromatic heterocycles. The summed E-state index contributed by atoms with van der Waals surface area (Å²) in [6.07, 6.45) is 8.37. The molecule has 2 fully saturated rings. The highest BCUT2D eigenvalue weighted by molar-refractivity contribution is 9.10. The third-order valence-corrected chi connectivity index (χ3v) is 6.11. The van der Waals surface area contributed by atoms with Crippen molar-refractivity contribution in [1.29, 1.82) is 0 Å². The van der Waals surface area contributed by atoms with E-state index in [0.29, 0.717) is 12.6 Å². The summed E-state index contributed by atoms with van der Waals surface area (Å²) in [5.41, 5.74) is 8.87. The van der Waals surface area contributed by atoms with Gasteiger partial charge in [0.1, 0.15) is 0 Å². The van der Waals surface area contributed by atoms with E-state index >= 15 is 0 Å². The molecule has 3 rings (SSSR count). The summed E-state index contributed by atoms with van der Waals surface area (Å²) >= 11 is 3.76. The Balaban J connectivity index is 1.87. The van der Waals surface area contributed by atoms with Gasteiger partial charge in [-0.15, -0.1) is 0 Å². The molecule has 1 unspecified atom stereocenters. The number of hydrogen-bond acceptors (Lipinski definition) is 2. The molecule has 1 aromatic rings. The van der Waals surface area contributed by atoms with Gasteiger partial charge in [0.25, 0.3) is 0 Å². The molecule has 0 bridgehead atoms. The molecule has 2 nitrogen and oxygen atoms in total. The molecule has 3 heteroatoms. The fourth-order valence-corrected chi connectivity index (χ4v) is 5.15. The van der Waals surface area contributed by atoms with Crippen LogP contribution in [0.5, 0.6) is 0 Å². The van der Waals surface area contributed by atoms with Gasteiger partial charge in [-0.05, 0) is 62.3 Å². The molecule has 1 aromatic carbocycles. The first-order chi connectivity index (χ1) is 10.2. The second-order valence-corrected chi connectivity index (χ2v) is 7.62.